The molecule has 4 heteroatoms. The number of hydrogen-bond acceptors (Lipinski definition) is 3. The van der Waals surface area contributed by atoms with Crippen molar-refractivity contribution in [3.8, 4) is 5.75 Å². The molecule has 20 heavy (non-hydrogen) atoms. The monoisotopic (exact) mass is 273 g/mol. The van der Waals surface area contributed by atoms with Gasteiger partial charge in [-0.15, -0.1) is 0 Å². The maximum Gasteiger partial charge on any atom is 0.119 e. The molecule has 1 N–H and O–H groups in total. The van der Waals surface area contributed by atoms with Crippen LogP contribution in [0.1, 0.15) is 38.9 Å². The molecule has 4 nitrogen and oxygen atoms in total. The summed E-state index contributed by atoms with van der Waals surface area (Å²) < 4.78 is 7.45. The first kappa shape index (κ1) is 14.4. The Morgan fingerprint density at radius 1 is 1.20 bits per heavy atom. The van der Waals surface area contributed by atoms with E-state index < -0.39 is 0 Å². The Bertz CT molecular complexity index is 519. The standard InChI is InChI=1S/C16H23N3O/c1-4-13(3)19-11-10-15(18-19)12-17-14-6-8-16(9-7-14)20-5-2/h6-11,13,17H,4-5,12H2,1-3H3. The quantitative estimate of drug-likeness (QED) is 0.832. The molecule has 1 heterocycles. The fraction of sp³-hybridized carbons (Fsp3) is 0.438. The van der Waals surface area contributed by atoms with E-state index >= 15 is 0 Å². The average Bonchev–Trinajstić information content (AvgIpc) is 2.95. The third-order valence-corrected chi connectivity index (χ3v) is 3.34. The van der Waals surface area contributed by atoms with Gasteiger partial charge >= 0.3 is 0 Å². The van der Waals surface area contributed by atoms with Crippen LogP contribution in [0.3, 0.4) is 0 Å². The van der Waals surface area contributed by atoms with Crippen molar-refractivity contribution in [3.63, 3.8) is 0 Å². The molecule has 0 bridgehead atoms. The molecule has 1 aromatic heterocycles. The van der Waals surface area contributed by atoms with Crippen molar-refractivity contribution in [2.45, 2.75) is 39.8 Å². The van der Waals surface area contributed by atoms with Gasteiger partial charge in [-0.2, -0.15) is 5.10 Å². The van der Waals surface area contributed by atoms with Crippen LogP contribution in [0.5, 0.6) is 5.75 Å². The Morgan fingerprint density at radius 2 is 1.95 bits per heavy atom. The number of nitrogens with one attached hydrogen (secondary N) is 1. The Morgan fingerprint density at radius 3 is 2.60 bits per heavy atom. The SMILES string of the molecule is CCOc1ccc(NCc2ccn(C(C)CC)n2)cc1. The van der Waals surface area contributed by atoms with Gasteiger partial charge < -0.3 is 10.1 Å². The fourth-order valence-corrected chi connectivity index (χ4v) is 1.93. The third kappa shape index (κ3) is 3.76. The van der Waals surface area contributed by atoms with Gasteiger partial charge in [-0.05, 0) is 50.6 Å². The van der Waals surface area contributed by atoms with E-state index in [1.165, 1.54) is 0 Å². The Labute approximate surface area is 120 Å². The number of hydrogen-bond donors (Lipinski definition) is 1. The van der Waals surface area contributed by atoms with Crippen LogP contribution in [0.4, 0.5) is 5.69 Å². The summed E-state index contributed by atoms with van der Waals surface area (Å²) in [5, 5.41) is 7.94. The van der Waals surface area contributed by atoms with Crippen LogP contribution in [0.25, 0.3) is 0 Å². The minimum atomic E-state index is 0.453. The molecule has 0 radical (unpaired) electrons. The van der Waals surface area contributed by atoms with Crippen LogP contribution >= 0.6 is 0 Å². The first-order valence-electron chi connectivity index (χ1n) is 7.23. The van der Waals surface area contributed by atoms with Crippen molar-refractivity contribution in [2.24, 2.45) is 0 Å². The van der Waals surface area contributed by atoms with Gasteiger partial charge in [-0.1, -0.05) is 6.92 Å². The maximum atomic E-state index is 5.42. The molecule has 0 saturated carbocycles. The summed E-state index contributed by atoms with van der Waals surface area (Å²) >= 11 is 0. The van der Waals surface area contributed by atoms with Gasteiger partial charge in [0.2, 0.25) is 0 Å². The number of ether oxygens (including phenoxy) is 1. The van der Waals surface area contributed by atoms with Crippen LogP contribution in [0, 0.1) is 0 Å². The molecule has 2 rings (SSSR count). The van der Waals surface area contributed by atoms with Crippen LogP contribution in [-0.2, 0) is 6.54 Å². The summed E-state index contributed by atoms with van der Waals surface area (Å²) in [6.45, 7) is 7.76. The Balaban J connectivity index is 1.89. The average molecular weight is 273 g/mol. The molecule has 0 fully saturated rings. The number of nitrogens with zero attached hydrogens (tertiary/aromatic N) is 2. The smallest absolute Gasteiger partial charge is 0.119 e. The minimum absolute atomic E-state index is 0.453. The summed E-state index contributed by atoms with van der Waals surface area (Å²) in [5.41, 5.74) is 2.13. The van der Waals surface area contributed by atoms with E-state index in [4.69, 9.17) is 4.74 Å². The fourth-order valence-electron chi connectivity index (χ4n) is 1.93. The van der Waals surface area contributed by atoms with Crippen molar-refractivity contribution < 1.29 is 4.74 Å². The molecule has 1 unspecified atom stereocenters. The first-order valence-corrected chi connectivity index (χ1v) is 7.23. The summed E-state index contributed by atoms with van der Waals surface area (Å²) in [7, 11) is 0. The molecule has 0 aliphatic rings. The van der Waals surface area contributed by atoms with Gasteiger partial charge in [-0.25, -0.2) is 0 Å². The normalized spacial score (nSPS) is 12.2. The van der Waals surface area contributed by atoms with E-state index in [0.29, 0.717) is 12.6 Å². The molecular formula is C16H23N3O. The zero-order valence-corrected chi connectivity index (χ0v) is 12.5. The van der Waals surface area contributed by atoms with Crippen molar-refractivity contribution in [1.29, 1.82) is 0 Å². The highest BCUT2D eigenvalue weighted by Crippen LogP contribution is 2.16. The van der Waals surface area contributed by atoms with Crippen molar-refractivity contribution in [2.75, 3.05) is 11.9 Å². The van der Waals surface area contributed by atoms with E-state index in [9.17, 15) is 0 Å². The van der Waals surface area contributed by atoms with Gasteiger partial charge in [0.05, 0.1) is 18.8 Å². The van der Waals surface area contributed by atoms with E-state index in [2.05, 4.69) is 30.3 Å². The molecule has 108 valence electrons. The van der Waals surface area contributed by atoms with Crippen LogP contribution in [-0.4, -0.2) is 16.4 Å². The highest BCUT2D eigenvalue weighted by Gasteiger charge is 2.04. The lowest BCUT2D eigenvalue weighted by Gasteiger charge is -2.09. The van der Waals surface area contributed by atoms with E-state index in [1.54, 1.807) is 0 Å². The van der Waals surface area contributed by atoms with Crippen LogP contribution in [0.2, 0.25) is 0 Å². The largest absolute Gasteiger partial charge is 0.494 e. The summed E-state index contributed by atoms with van der Waals surface area (Å²) in [6.07, 6.45) is 3.14. The molecular weight excluding hydrogens is 250 g/mol. The maximum absolute atomic E-state index is 5.42. The van der Waals surface area contributed by atoms with Gasteiger partial charge in [0.25, 0.3) is 0 Å². The molecule has 1 atom stereocenters. The molecule has 1 aromatic carbocycles. The highest BCUT2D eigenvalue weighted by molar-refractivity contribution is 5.46. The van der Waals surface area contributed by atoms with Crippen molar-refractivity contribution >= 4 is 5.69 Å². The number of rotatable bonds is 7. The molecule has 0 spiro atoms. The predicted octanol–water partition coefficient (Wildman–Crippen LogP) is 3.86. The number of benzene rings is 1. The zero-order valence-electron chi connectivity index (χ0n) is 12.5. The lowest BCUT2D eigenvalue weighted by atomic mass is 10.3. The van der Waals surface area contributed by atoms with Gasteiger partial charge in [0, 0.05) is 17.9 Å². The molecule has 2 aromatic rings. The number of aromatic nitrogens is 2. The topological polar surface area (TPSA) is 39.1 Å². The zero-order chi connectivity index (χ0) is 14.4. The van der Waals surface area contributed by atoms with Gasteiger partial charge in [-0.3, -0.25) is 4.68 Å². The molecule has 0 amide bonds. The van der Waals surface area contributed by atoms with Crippen molar-refractivity contribution in [3.05, 3.63) is 42.2 Å². The highest BCUT2D eigenvalue weighted by atomic mass is 16.5. The Kier molecular flexibility index (Phi) is 5.04. The second kappa shape index (κ2) is 6.98. The third-order valence-electron chi connectivity index (χ3n) is 3.34. The molecule has 0 aliphatic carbocycles. The first-order chi connectivity index (χ1) is 9.72. The van der Waals surface area contributed by atoms with E-state index in [0.717, 1.165) is 30.1 Å². The van der Waals surface area contributed by atoms with E-state index in [-0.39, 0.29) is 0 Å². The van der Waals surface area contributed by atoms with Crippen LogP contribution < -0.4 is 10.1 Å². The minimum Gasteiger partial charge on any atom is -0.494 e. The second-order valence-corrected chi connectivity index (χ2v) is 4.86. The molecule has 0 aliphatic heterocycles. The Hall–Kier alpha value is -1.97. The number of anilines is 1. The predicted molar refractivity (Wildman–Crippen MR) is 82.2 cm³/mol. The summed E-state index contributed by atoms with van der Waals surface area (Å²) in [6, 6.07) is 10.5. The van der Waals surface area contributed by atoms with E-state index in [1.807, 2.05) is 42.1 Å². The second-order valence-electron chi connectivity index (χ2n) is 4.86. The molecule has 0 saturated heterocycles. The van der Waals surface area contributed by atoms with Crippen LogP contribution in [0.15, 0.2) is 36.5 Å². The van der Waals surface area contributed by atoms with Crippen molar-refractivity contribution in [1.82, 2.24) is 9.78 Å². The summed E-state index contributed by atoms with van der Waals surface area (Å²) in [5.74, 6) is 0.902. The van der Waals surface area contributed by atoms with Gasteiger partial charge in [0.1, 0.15) is 5.75 Å². The van der Waals surface area contributed by atoms with Gasteiger partial charge in [0.15, 0.2) is 0 Å². The summed E-state index contributed by atoms with van der Waals surface area (Å²) in [4.78, 5) is 0. The lowest BCUT2D eigenvalue weighted by molar-refractivity contribution is 0.340. The lowest BCUT2D eigenvalue weighted by Crippen LogP contribution is -2.06.